The van der Waals surface area contributed by atoms with E-state index < -0.39 is 0 Å². The van der Waals surface area contributed by atoms with Gasteiger partial charge in [0.2, 0.25) is 0 Å². The fraction of sp³-hybridized carbons (Fsp3) is 0.929. The Hall–Kier alpha value is -0.770. The van der Waals surface area contributed by atoms with Crippen LogP contribution in [0.5, 0.6) is 0 Å². The number of nitrogens with two attached hydrogens (primary N) is 2. The molecule has 0 aromatic rings. The summed E-state index contributed by atoms with van der Waals surface area (Å²) in [5, 5.41) is 3.60. The van der Waals surface area contributed by atoms with Crippen molar-refractivity contribution in [2.75, 3.05) is 19.6 Å². The van der Waals surface area contributed by atoms with Crippen LogP contribution in [0.15, 0.2) is 4.99 Å². The second-order valence-electron chi connectivity index (χ2n) is 5.43. The Bertz CT molecular complexity index is 218. The van der Waals surface area contributed by atoms with E-state index in [1.807, 2.05) is 0 Å². The minimum absolute atomic E-state index is 0.212. The van der Waals surface area contributed by atoms with Gasteiger partial charge in [-0.15, -0.1) is 0 Å². The Balaban J connectivity index is 1.79. The zero-order valence-electron chi connectivity index (χ0n) is 11.7. The quantitative estimate of drug-likeness (QED) is 0.334. The van der Waals surface area contributed by atoms with E-state index in [1.165, 1.54) is 64.5 Å². The maximum atomic E-state index is 5.26. The first-order valence-corrected chi connectivity index (χ1v) is 7.55. The van der Waals surface area contributed by atoms with Crippen LogP contribution < -0.4 is 16.8 Å². The van der Waals surface area contributed by atoms with E-state index in [1.54, 1.807) is 0 Å². The topological polar surface area (TPSA) is 76.4 Å². The molecule has 4 heteroatoms. The van der Waals surface area contributed by atoms with Crippen molar-refractivity contribution in [3.63, 3.8) is 0 Å². The average molecular weight is 254 g/mol. The summed E-state index contributed by atoms with van der Waals surface area (Å²) in [6.07, 6.45) is 12.1. The summed E-state index contributed by atoms with van der Waals surface area (Å²) in [6, 6.07) is 0. The molecule has 1 aliphatic rings. The van der Waals surface area contributed by atoms with Crippen LogP contribution in [0.3, 0.4) is 0 Å². The van der Waals surface area contributed by atoms with Gasteiger partial charge in [-0.1, -0.05) is 32.1 Å². The molecule has 4 nitrogen and oxygen atoms in total. The van der Waals surface area contributed by atoms with Gasteiger partial charge in [-0.25, -0.2) is 0 Å². The summed E-state index contributed by atoms with van der Waals surface area (Å²) in [6.45, 7) is 3.17. The van der Waals surface area contributed by atoms with Crippen LogP contribution in [0.4, 0.5) is 0 Å². The Kier molecular flexibility index (Phi) is 8.65. The largest absolute Gasteiger partial charge is 0.370 e. The van der Waals surface area contributed by atoms with Gasteiger partial charge in [0.25, 0.3) is 0 Å². The summed E-state index contributed by atoms with van der Waals surface area (Å²) >= 11 is 0. The third kappa shape index (κ3) is 8.34. The lowest BCUT2D eigenvalue weighted by atomic mass is 9.89. The van der Waals surface area contributed by atoms with Crippen LogP contribution in [0, 0.1) is 5.92 Å². The van der Waals surface area contributed by atoms with Crippen molar-refractivity contribution in [1.82, 2.24) is 5.32 Å². The molecule has 0 amide bonds. The maximum absolute atomic E-state index is 5.26. The molecule has 0 spiro atoms. The van der Waals surface area contributed by atoms with E-state index in [0.717, 1.165) is 18.9 Å². The van der Waals surface area contributed by atoms with E-state index >= 15 is 0 Å². The molecule has 0 aromatic heterocycles. The Labute approximate surface area is 112 Å². The number of unbranched alkanes of at least 4 members (excludes halogenated alkanes) is 3. The summed E-state index contributed by atoms with van der Waals surface area (Å²) in [5.74, 6) is 1.16. The molecular weight excluding hydrogens is 224 g/mol. The highest BCUT2D eigenvalue weighted by Gasteiger charge is 2.11. The van der Waals surface area contributed by atoms with E-state index in [0.29, 0.717) is 0 Å². The Morgan fingerprint density at radius 3 is 2.44 bits per heavy atom. The predicted molar refractivity (Wildman–Crippen MR) is 78.6 cm³/mol. The standard InChI is InChI=1S/C14H30N4/c15-14(16)18-11-7-2-1-6-10-17-12-13-8-4-3-5-9-13/h13,17H,1-12H2,(H4,15,16,18). The van der Waals surface area contributed by atoms with Crippen LogP contribution in [0.2, 0.25) is 0 Å². The molecule has 0 unspecified atom stereocenters. The van der Waals surface area contributed by atoms with Gasteiger partial charge in [-0.05, 0) is 44.7 Å². The molecule has 1 aliphatic carbocycles. The van der Waals surface area contributed by atoms with Crippen LogP contribution in [-0.4, -0.2) is 25.6 Å². The minimum Gasteiger partial charge on any atom is -0.370 e. The van der Waals surface area contributed by atoms with E-state index in [2.05, 4.69) is 10.3 Å². The number of nitrogens with zero attached hydrogens (tertiary/aromatic N) is 1. The van der Waals surface area contributed by atoms with Crippen molar-refractivity contribution in [2.45, 2.75) is 57.8 Å². The highest BCUT2D eigenvalue weighted by atomic mass is 15.0. The molecule has 1 saturated carbocycles. The van der Waals surface area contributed by atoms with Crippen LogP contribution in [0.1, 0.15) is 57.8 Å². The van der Waals surface area contributed by atoms with E-state index in [9.17, 15) is 0 Å². The fourth-order valence-electron chi connectivity index (χ4n) is 2.62. The number of nitrogens with one attached hydrogen (secondary N) is 1. The Morgan fingerprint density at radius 1 is 1.00 bits per heavy atom. The van der Waals surface area contributed by atoms with Gasteiger partial charge in [-0.3, -0.25) is 4.99 Å². The molecule has 0 bridgehead atoms. The smallest absolute Gasteiger partial charge is 0.185 e. The van der Waals surface area contributed by atoms with Crippen LogP contribution >= 0.6 is 0 Å². The predicted octanol–water partition coefficient (Wildman–Crippen LogP) is 1.99. The highest BCUT2D eigenvalue weighted by Crippen LogP contribution is 2.22. The third-order valence-electron chi connectivity index (χ3n) is 3.71. The van der Waals surface area contributed by atoms with Gasteiger partial charge in [-0.2, -0.15) is 0 Å². The molecule has 1 fully saturated rings. The molecule has 18 heavy (non-hydrogen) atoms. The highest BCUT2D eigenvalue weighted by molar-refractivity contribution is 5.75. The Morgan fingerprint density at radius 2 is 1.72 bits per heavy atom. The molecule has 0 aromatic carbocycles. The van der Waals surface area contributed by atoms with Gasteiger partial charge < -0.3 is 16.8 Å². The van der Waals surface area contributed by atoms with Crippen molar-refractivity contribution >= 4 is 5.96 Å². The van der Waals surface area contributed by atoms with Crippen LogP contribution in [-0.2, 0) is 0 Å². The van der Waals surface area contributed by atoms with Gasteiger partial charge in [0, 0.05) is 6.54 Å². The summed E-state index contributed by atoms with van der Waals surface area (Å²) in [4.78, 5) is 3.98. The molecule has 0 heterocycles. The lowest BCUT2D eigenvalue weighted by Gasteiger charge is -2.21. The van der Waals surface area contributed by atoms with Gasteiger partial charge in [0.05, 0.1) is 0 Å². The molecule has 0 saturated heterocycles. The molecule has 106 valence electrons. The summed E-state index contributed by atoms with van der Waals surface area (Å²) in [7, 11) is 0. The molecule has 5 N–H and O–H groups in total. The maximum Gasteiger partial charge on any atom is 0.185 e. The van der Waals surface area contributed by atoms with Gasteiger partial charge >= 0.3 is 0 Å². The van der Waals surface area contributed by atoms with Crippen molar-refractivity contribution in [3.05, 3.63) is 0 Å². The fourth-order valence-corrected chi connectivity index (χ4v) is 2.62. The van der Waals surface area contributed by atoms with Gasteiger partial charge in [0.15, 0.2) is 5.96 Å². The number of rotatable bonds is 9. The second kappa shape index (κ2) is 10.2. The summed E-state index contributed by atoms with van der Waals surface area (Å²) in [5.41, 5.74) is 10.5. The van der Waals surface area contributed by atoms with Crippen LogP contribution in [0.25, 0.3) is 0 Å². The molecule has 0 atom stereocenters. The lowest BCUT2D eigenvalue weighted by molar-refractivity contribution is 0.341. The SMILES string of the molecule is NC(N)=NCCCCCCNCC1CCCCC1. The van der Waals surface area contributed by atoms with E-state index in [-0.39, 0.29) is 5.96 Å². The number of hydrogen-bond donors (Lipinski definition) is 3. The van der Waals surface area contributed by atoms with Crippen molar-refractivity contribution < 1.29 is 0 Å². The zero-order chi connectivity index (χ0) is 13.1. The van der Waals surface area contributed by atoms with E-state index in [4.69, 9.17) is 11.5 Å². The monoisotopic (exact) mass is 254 g/mol. The first-order valence-electron chi connectivity index (χ1n) is 7.55. The zero-order valence-corrected chi connectivity index (χ0v) is 11.7. The normalized spacial score (nSPS) is 16.7. The van der Waals surface area contributed by atoms with Crippen molar-refractivity contribution in [1.29, 1.82) is 0 Å². The number of aliphatic imine (C=N–C) groups is 1. The molecular formula is C14H30N4. The molecule has 0 aliphatic heterocycles. The third-order valence-corrected chi connectivity index (χ3v) is 3.71. The van der Waals surface area contributed by atoms with Gasteiger partial charge in [0.1, 0.15) is 0 Å². The first-order chi connectivity index (χ1) is 8.79. The second-order valence-corrected chi connectivity index (χ2v) is 5.43. The number of hydrogen-bond acceptors (Lipinski definition) is 2. The lowest BCUT2D eigenvalue weighted by Crippen LogP contribution is -2.25. The molecule has 1 rings (SSSR count). The average Bonchev–Trinajstić information content (AvgIpc) is 2.37. The number of guanidine groups is 1. The first kappa shape index (κ1) is 15.3. The summed E-state index contributed by atoms with van der Waals surface area (Å²) < 4.78 is 0. The minimum atomic E-state index is 0.212. The molecule has 0 radical (unpaired) electrons. The van der Waals surface area contributed by atoms with Crippen molar-refractivity contribution in [2.24, 2.45) is 22.4 Å². The van der Waals surface area contributed by atoms with Crippen molar-refractivity contribution in [3.8, 4) is 0 Å².